The van der Waals surface area contributed by atoms with E-state index >= 15 is 0 Å². The van der Waals surface area contributed by atoms with Crippen molar-refractivity contribution in [2.24, 2.45) is 0 Å². The smallest absolute Gasteiger partial charge is 0.394 e. The Bertz CT molecular complexity index is 1450. The number of halogens is 6. The molecule has 4 heterocycles. The van der Waals surface area contributed by atoms with E-state index in [2.05, 4.69) is 15.3 Å². The molecule has 0 aliphatic carbocycles. The number of nitrogens with zero attached hydrogens (tertiary/aromatic N) is 5. The first-order valence-electron chi connectivity index (χ1n) is 13.5. The Balaban J connectivity index is 1.51. The van der Waals surface area contributed by atoms with Gasteiger partial charge in [0.25, 0.3) is 0 Å². The molecule has 0 radical (unpaired) electrons. The van der Waals surface area contributed by atoms with Crippen molar-refractivity contribution in [2.45, 2.75) is 59.7 Å². The molecule has 44 heavy (non-hydrogen) atoms. The van der Waals surface area contributed by atoms with Gasteiger partial charge in [0.1, 0.15) is 35.5 Å². The number of likely N-dealkylation sites (tertiary alicyclic amines) is 1. The highest BCUT2D eigenvalue weighted by Crippen LogP contribution is 2.51. The van der Waals surface area contributed by atoms with Crippen LogP contribution in [-0.2, 0) is 10.9 Å². The second-order valence-corrected chi connectivity index (χ2v) is 12.1. The number of aromatic nitrogens is 4. The van der Waals surface area contributed by atoms with Crippen LogP contribution in [0.1, 0.15) is 35.4 Å². The molecule has 3 aromatic rings. The molecule has 2 fully saturated rings. The third-order valence-corrected chi connectivity index (χ3v) is 9.54. The molecule has 6 atom stereocenters. The minimum atomic E-state index is -4.82. The van der Waals surface area contributed by atoms with Gasteiger partial charge in [-0.05, 0) is 44.2 Å². The second-order valence-electron chi connectivity index (χ2n) is 10.9. The van der Waals surface area contributed by atoms with Gasteiger partial charge in [-0.25, -0.2) is 17.9 Å². The number of benzene rings is 1. The van der Waals surface area contributed by atoms with Crippen LogP contribution in [0.5, 0.6) is 0 Å². The average Bonchev–Trinajstić information content (AvgIpc) is 3.46. The standard InChI is InChI=1S/C27H29F6N5O5S/c1-37-7-4-26(42,5-8-37)24(20-14(27(31,32)33)3-2-6-34-20)44-25-23(41)21(22(40)18(12-39)43-25)38-11-17(35-36-38)13-9-15(28)19(30)16(29)10-13/h2-3,6,9-11,18,21-25,39-42H,4-5,7-8,12H2,1H3/t18-,21+,22+,23-,24-,25+/m1/s1. The first-order chi connectivity index (χ1) is 20.7. The Hall–Kier alpha value is -2.80. The summed E-state index contributed by atoms with van der Waals surface area (Å²) in [6, 6.07) is 1.89. The second kappa shape index (κ2) is 12.5. The van der Waals surface area contributed by atoms with Crippen LogP contribution in [-0.4, -0.2) is 101 Å². The fourth-order valence-electron chi connectivity index (χ4n) is 5.46. The summed E-state index contributed by atoms with van der Waals surface area (Å²) >= 11 is 0.664. The zero-order valence-corrected chi connectivity index (χ0v) is 23.9. The van der Waals surface area contributed by atoms with E-state index in [1.54, 1.807) is 7.05 Å². The molecule has 2 saturated heterocycles. The van der Waals surface area contributed by atoms with E-state index in [9.17, 15) is 46.8 Å². The van der Waals surface area contributed by atoms with E-state index in [0.29, 0.717) is 37.0 Å². The molecule has 0 unspecified atom stereocenters. The highest BCUT2D eigenvalue weighted by atomic mass is 32.2. The van der Waals surface area contributed by atoms with Crippen molar-refractivity contribution in [1.82, 2.24) is 24.9 Å². The maximum absolute atomic E-state index is 14.1. The number of piperidine rings is 1. The first kappa shape index (κ1) is 32.6. The van der Waals surface area contributed by atoms with E-state index in [1.807, 2.05) is 4.90 Å². The fraction of sp³-hybridized carbons (Fsp3) is 0.519. The summed E-state index contributed by atoms with van der Waals surface area (Å²) in [4.78, 5) is 5.90. The van der Waals surface area contributed by atoms with Gasteiger partial charge in [-0.2, -0.15) is 13.2 Å². The van der Waals surface area contributed by atoms with E-state index in [0.717, 1.165) is 29.2 Å². The average molecular weight is 650 g/mol. The van der Waals surface area contributed by atoms with Crippen molar-refractivity contribution >= 4 is 11.8 Å². The lowest BCUT2D eigenvalue weighted by Crippen LogP contribution is -2.56. The molecule has 2 aliphatic heterocycles. The number of hydrogen-bond acceptors (Lipinski definition) is 10. The summed E-state index contributed by atoms with van der Waals surface area (Å²) in [5.41, 5.74) is -5.06. The van der Waals surface area contributed by atoms with Gasteiger partial charge in [-0.1, -0.05) is 5.21 Å². The van der Waals surface area contributed by atoms with Crippen molar-refractivity contribution in [3.8, 4) is 11.3 Å². The van der Waals surface area contributed by atoms with Crippen LogP contribution in [0.25, 0.3) is 11.3 Å². The van der Waals surface area contributed by atoms with Crippen LogP contribution < -0.4 is 0 Å². The molecule has 17 heteroatoms. The van der Waals surface area contributed by atoms with E-state index < -0.39 is 82.1 Å². The Morgan fingerprint density at radius 1 is 1.11 bits per heavy atom. The maximum atomic E-state index is 14.1. The monoisotopic (exact) mass is 649 g/mol. The summed E-state index contributed by atoms with van der Waals surface area (Å²) in [5.74, 6) is -4.66. The van der Waals surface area contributed by atoms with E-state index in [1.165, 1.54) is 0 Å². The normalized spacial score (nSPS) is 26.9. The fourth-order valence-corrected chi connectivity index (χ4v) is 7.07. The van der Waals surface area contributed by atoms with Crippen LogP contribution in [0.4, 0.5) is 26.3 Å². The van der Waals surface area contributed by atoms with Crippen LogP contribution in [0, 0.1) is 17.5 Å². The van der Waals surface area contributed by atoms with Crippen molar-refractivity contribution in [3.05, 3.63) is 65.4 Å². The summed E-state index contributed by atoms with van der Waals surface area (Å²) in [5, 5.41) is 50.4. The molecular formula is C27H29F6N5O5S. The van der Waals surface area contributed by atoms with Gasteiger partial charge in [0.05, 0.1) is 34.9 Å². The van der Waals surface area contributed by atoms with Gasteiger partial charge < -0.3 is 30.1 Å². The van der Waals surface area contributed by atoms with Crippen LogP contribution in [0.3, 0.4) is 0 Å². The SMILES string of the molecule is CN1CCC(O)([C@H](S[C@@H]2O[C@H](CO)[C@H](O)[C@H](n3cc(-c4cc(F)c(F)c(F)c4)nn3)[C@H]2O)c2ncccc2C(F)(F)F)CC1. The Kier molecular flexibility index (Phi) is 9.28. The number of thioether (sulfide) groups is 1. The number of pyridine rings is 1. The first-order valence-corrected chi connectivity index (χ1v) is 14.5. The topological polar surface area (TPSA) is 137 Å². The summed E-state index contributed by atoms with van der Waals surface area (Å²) in [6.45, 7) is -0.0417. The Morgan fingerprint density at radius 2 is 1.77 bits per heavy atom. The summed E-state index contributed by atoms with van der Waals surface area (Å²) in [6.07, 6.45) is -7.11. The Labute approximate surface area is 251 Å². The largest absolute Gasteiger partial charge is 0.418 e. The van der Waals surface area contributed by atoms with Gasteiger partial charge >= 0.3 is 6.18 Å². The van der Waals surface area contributed by atoms with Crippen molar-refractivity contribution in [2.75, 3.05) is 26.7 Å². The predicted molar refractivity (Wildman–Crippen MR) is 143 cm³/mol. The minimum Gasteiger partial charge on any atom is -0.394 e. The molecule has 10 nitrogen and oxygen atoms in total. The number of alkyl halides is 3. The highest BCUT2D eigenvalue weighted by molar-refractivity contribution is 8.00. The lowest BCUT2D eigenvalue weighted by atomic mass is 9.85. The van der Waals surface area contributed by atoms with Gasteiger partial charge in [-0.15, -0.1) is 16.9 Å². The molecule has 2 aromatic heterocycles. The highest BCUT2D eigenvalue weighted by Gasteiger charge is 2.51. The van der Waals surface area contributed by atoms with Gasteiger partial charge in [-0.3, -0.25) is 4.98 Å². The molecule has 1 aromatic carbocycles. The number of ether oxygens (including phenoxy) is 1. The van der Waals surface area contributed by atoms with E-state index in [-0.39, 0.29) is 24.1 Å². The zero-order chi connectivity index (χ0) is 32.0. The summed E-state index contributed by atoms with van der Waals surface area (Å²) < 4.78 is 90.2. The van der Waals surface area contributed by atoms with Crippen LogP contribution in [0.2, 0.25) is 0 Å². The molecule has 240 valence electrons. The van der Waals surface area contributed by atoms with Gasteiger partial charge in [0, 0.05) is 24.8 Å². The number of aliphatic hydroxyl groups excluding tert-OH is 3. The summed E-state index contributed by atoms with van der Waals surface area (Å²) in [7, 11) is 1.80. The quantitative estimate of drug-likeness (QED) is 0.224. The molecule has 4 N–H and O–H groups in total. The molecule has 5 rings (SSSR count). The molecule has 2 aliphatic rings. The third-order valence-electron chi connectivity index (χ3n) is 7.95. The van der Waals surface area contributed by atoms with Crippen molar-refractivity contribution < 1.29 is 51.5 Å². The number of hydrogen-bond donors (Lipinski definition) is 4. The number of aliphatic hydroxyl groups is 4. The molecule has 0 bridgehead atoms. The van der Waals surface area contributed by atoms with Gasteiger partial charge in [0.2, 0.25) is 0 Å². The Morgan fingerprint density at radius 3 is 2.39 bits per heavy atom. The molecule has 0 amide bonds. The van der Waals surface area contributed by atoms with Crippen LogP contribution >= 0.6 is 11.8 Å². The van der Waals surface area contributed by atoms with Crippen molar-refractivity contribution in [3.63, 3.8) is 0 Å². The van der Waals surface area contributed by atoms with Crippen LogP contribution in [0.15, 0.2) is 36.7 Å². The van der Waals surface area contributed by atoms with Crippen molar-refractivity contribution in [1.29, 1.82) is 0 Å². The zero-order valence-electron chi connectivity index (χ0n) is 23.1. The lowest BCUT2D eigenvalue weighted by Gasteiger charge is -2.46. The predicted octanol–water partition coefficient (Wildman–Crippen LogP) is 2.69. The maximum Gasteiger partial charge on any atom is 0.418 e. The number of rotatable bonds is 7. The molecule has 0 spiro atoms. The minimum absolute atomic E-state index is 0.0740. The molecule has 0 saturated carbocycles. The lowest BCUT2D eigenvalue weighted by molar-refractivity contribution is -0.179. The van der Waals surface area contributed by atoms with E-state index in [4.69, 9.17) is 4.74 Å². The van der Waals surface area contributed by atoms with Gasteiger partial charge in [0.15, 0.2) is 17.5 Å². The third kappa shape index (κ3) is 6.31. The molecular weight excluding hydrogens is 620 g/mol.